The van der Waals surface area contributed by atoms with Gasteiger partial charge in [0.1, 0.15) is 5.75 Å². The summed E-state index contributed by atoms with van der Waals surface area (Å²) in [5.74, 6) is 0.453. The maximum atomic E-state index is 11.0. The Kier molecular flexibility index (Phi) is 3.53. The molecule has 0 radical (unpaired) electrons. The third-order valence-corrected chi connectivity index (χ3v) is 5.08. The van der Waals surface area contributed by atoms with Gasteiger partial charge in [-0.05, 0) is 35.1 Å². The van der Waals surface area contributed by atoms with Gasteiger partial charge in [-0.25, -0.2) is 0 Å². The second-order valence-electron chi connectivity index (χ2n) is 6.31. The zero-order valence-corrected chi connectivity index (χ0v) is 13.4. The molecular formula is C20H18NO3-. The average molecular weight is 320 g/mol. The monoisotopic (exact) mass is 320 g/mol. The molecule has 1 aliphatic carbocycles. The van der Waals surface area contributed by atoms with Gasteiger partial charge >= 0.3 is 0 Å². The van der Waals surface area contributed by atoms with Crippen molar-refractivity contribution in [3.8, 4) is 5.75 Å². The average Bonchev–Trinajstić information content (AvgIpc) is 3.10. The van der Waals surface area contributed by atoms with E-state index in [9.17, 15) is 9.90 Å². The van der Waals surface area contributed by atoms with Crippen molar-refractivity contribution < 1.29 is 14.6 Å². The summed E-state index contributed by atoms with van der Waals surface area (Å²) in [5.41, 5.74) is 3.57. The van der Waals surface area contributed by atoms with Gasteiger partial charge in [0.15, 0.2) is 0 Å². The highest BCUT2D eigenvalue weighted by Gasteiger charge is 2.38. The summed E-state index contributed by atoms with van der Waals surface area (Å²) in [6, 6.07) is 13.2. The zero-order valence-electron chi connectivity index (χ0n) is 13.4. The number of carboxylic acid groups (broad SMARTS) is 1. The fraction of sp³-hybridized carbons (Fsp3) is 0.250. The standard InChI is InChI=1S/C20H19NO3/c1-24-17-7-3-6-16-14-4-2-5-15(14)18(21-19(16)17)12-8-10-13(11-9-12)20(22)23/h2-4,6-11,14-15,18,21H,5H2,1H3,(H,22,23)/p-1/t14-,15-,18+/m0/s1. The van der Waals surface area contributed by atoms with Gasteiger partial charge in [-0.1, -0.05) is 48.6 Å². The van der Waals surface area contributed by atoms with E-state index >= 15 is 0 Å². The summed E-state index contributed by atoms with van der Waals surface area (Å²) < 4.78 is 5.52. The van der Waals surface area contributed by atoms with E-state index in [0.717, 1.165) is 23.4 Å². The molecule has 0 fully saturated rings. The predicted octanol–water partition coefficient (Wildman–Crippen LogP) is 2.89. The van der Waals surface area contributed by atoms with Gasteiger partial charge in [0.05, 0.1) is 24.8 Å². The van der Waals surface area contributed by atoms with E-state index in [1.54, 1.807) is 19.2 Å². The van der Waals surface area contributed by atoms with E-state index in [4.69, 9.17) is 4.74 Å². The van der Waals surface area contributed by atoms with Crippen molar-refractivity contribution in [1.82, 2.24) is 0 Å². The molecule has 0 aromatic heterocycles. The van der Waals surface area contributed by atoms with Crippen LogP contribution in [0.5, 0.6) is 5.75 Å². The van der Waals surface area contributed by atoms with Crippen LogP contribution in [0.1, 0.15) is 39.9 Å². The molecule has 2 aromatic rings. The van der Waals surface area contributed by atoms with E-state index in [2.05, 4.69) is 23.5 Å². The minimum atomic E-state index is -1.15. The first-order valence-corrected chi connectivity index (χ1v) is 8.10. The van der Waals surface area contributed by atoms with Crippen molar-refractivity contribution in [2.75, 3.05) is 12.4 Å². The first-order chi connectivity index (χ1) is 11.7. The largest absolute Gasteiger partial charge is 0.545 e. The number of anilines is 1. The van der Waals surface area contributed by atoms with Crippen LogP contribution >= 0.6 is 0 Å². The normalized spacial score (nSPS) is 24.0. The molecule has 0 spiro atoms. The van der Waals surface area contributed by atoms with Crippen LogP contribution in [0.25, 0.3) is 0 Å². The van der Waals surface area contributed by atoms with Crippen LogP contribution in [0, 0.1) is 5.92 Å². The van der Waals surface area contributed by atoms with E-state index in [1.807, 2.05) is 24.3 Å². The number of ether oxygens (including phenoxy) is 1. The number of fused-ring (bicyclic) bond motifs is 3. The van der Waals surface area contributed by atoms with Crippen molar-refractivity contribution in [3.63, 3.8) is 0 Å². The van der Waals surface area contributed by atoms with Crippen LogP contribution in [-0.2, 0) is 0 Å². The Morgan fingerprint density at radius 2 is 2.00 bits per heavy atom. The van der Waals surface area contributed by atoms with Gasteiger partial charge in [-0.15, -0.1) is 0 Å². The molecule has 0 amide bonds. The number of methoxy groups -OCH3 is 1. The molecule has 1 heterocycles. The van der Waals surface area contributed by atoms with Crippen LogP contribution in [0.3, 0.4) is 0 Å². The molecular weight excluding hydrogens is 302 g/mol. The van der Waals surface area contributed by atoms with E-state index in [-0.39, 0.29) is 11.6 Å². The molecule has 0 saturated heterocycles. The smallest absolute Gasteiger partial charge is 0.142 e. The highest BCUT2D eigenvalue weighted by atomic mass is 16.5. The second kappa shape index (κ2) is 5.71. The summed E-state index contributed by atoms with van der Waals surface area (Å²) in [5, 5.41) is 14.6. The molecule has 4 rings (SSSR count). The number of benzene rings is 2. The van der Waals surface area contributed by atoms with Crippen molar-refractivity contribution in [2.45, 2.75) is 18.4 Å². The molecule has 3 atom stereocenters. The number of hydrogen-bond donors (Lipinski definition) is 1. The molecule has 1 N–H and O–H groups in total. The third-order valence-electron chi connectivity index (χ3n) is 5.08. The Morgan fingerprint density at radius 1 is 1.21 bits per heavy atom. The first-order valence-electron chi connectivity index (χ1n) is 8.10. The van der Waals surface area contributed by atoms with Crippen molar-refractivity contribution >= 4 is 11.7 Å². The van der Waals surface area contributed by atoms with Gasteiger partial charge in [-0.3, -0.25) is 0 Å². The summed E-state index contributed by atoms with van der Waals surface area (Å²) in [6.45, 7) is 0. The van der Waals surface area contributed by atoms with Crippen LogP contribution in [0.4, 0.5) is 5.69 Å². The van der Waals surface area contributed by atoms with Gasteiger partial charge in [0.25, 0.3) is 0 Å². The molecule has 1 aliphatic heterocycles. The number of carboxylic acids is 1. The van der Waals surface area contributed by atoms with Gasteiger partial charge in [-0.2, -0.15) is 0 Å². The fourth-order valence-electron chi connectivity index (χ4n) is 3.92. The molecule has 0 unspecified atom stereocenters. The van der Waals surface area contributed by atoms with Crippen LogP contribution in [0.2, 0.25) is 0 Å². The van der Waals surface area contributed by atoms with Crippen molar-refractivity contribution in [1.29, 1.82) is 0 Å². The predicted molar refractivity (Wildman–Crippen MR) is 90.1 cm³/mol. The Morgan fingerprint density at radius 3 is 2.71 bits per heavy atom. The number of rotatable bonds is 3. The maximum Gasteiger partial charge on any atom is 0.142 e. The van der Waals surface area contributed by atoms with Crippen molar-refractivity contribution in [3.05, 3.63) is 71.3 Å². The maximum absolute atomic E-state index is 11.0. The fourth-order valence-corrected chi connectivity index (χ4v) is 3.92. The number of nitrogens with one attached hydrogen (secondary N) is 1. The van der Waals surface area contributed by atoms with Crippen LogP contribution in [0.15, 0.2) is 54.6 Å². The van der Waals surface area contributed by atoms with Gasteiger partial charge in [0, 0.05) is 5.92 Å². The molecule has 4 nitrogen and oxygen atoms in total. The minimum Gasteiger partial charge on any atom is -0.545 e. The number of carbonyl (C=O) groups excluding carboxylic acids is 1. The Labute approximate surface area is 140 Å². The van der Waals surface area contributed by atoms with E-state index in [0.29, 0.717) is 11.8 Å². The lowest BCUT2D eigenvalue weighted by molar-refractivity contribution is -0.255. The topological polar surface area (TPSA) is 61.4 Å². The third kappa shape index (κ3) is 2.26. The Bertz CT molecular complexity index is 810. The van der Waals surface area contributed by atoms with Crippen molar-refractivity contribution in [2.24, 2.45) is 5.92 Å². The minimum absolute atomic E-state index is 0.115. The molecule has 2 aliphatic rings. The van der Waals surface area contributed by atoms with E-state index in [1.165, 1.54) is 5.56 Å². The molecule has 2 aromatic carbocycles. The molecule has 0 bridgehead atoms. The summed E-state index contributed by atoms with van der Waals surface area (Å²) in [4.78, 5) is 11.0. The lowest BCUT2D eigenvalue weighted by atomic mass is 9.77. The molecule has 24 heavy (non-hydrogen) atoms. The molecule has 4 heteroatoms. The highest BCUT2D eigenvalue weighted by Crippen LogP contribution is 2.52. The summed E-state index contributed by atoms with van der Waals surface area (Å²) in [6.07, 6.45) is 5.50. The zero-order chi connectivity index (χ0) is 16.7. The second-order valence-corrected chi connectivity index (χ2v) is 6.31. The number of allylic oxidation sites excluding steroid dienone is 2. The number of hydrogen-bond acceptors (Lipinski definition) is 4. The van der Waals surface area contributed by atoms with E-state index < -0.39 is 5.97 Å². The lowest BCUT2D eigenvalue weighted by Gasteiger charge is -2.38. The SMILES string of the molecule is COc1cccc2c1N[C@H](c1ccc(C(=O)[O-])cc1)[C@H]1CC=C[C@H]21. The van der Waals surface area contributed by atoms with Gasteiger partial charge in [0.2, 0.25) is 0 Å². The summed E-state index contributed by atoms with van der Waals surface area (Å²) >= 11 is 0. The Hall–Kier alpha value is -2.75. The first kappa shape index (κ1) is 14.8. The number of carbonyl (C=O) groups is 1. The number of aromatic carboxylic acids is 1. The van der Waals surface area contributed by atoms with Crippen LogP contribution in [-0.4, -0.2) is 13.1 Å². The lowest BCUT2D eigenvalue weighted by Crippen LogP contribution is -2.29. The highest BCUT2D eigenvalue weighted by molar-refractivity contribution is 5.85. The van der Waals surface area contributed by atoms with Gasteiger partial charge < -0.3 is 20.0 Å². The molecule has 122 valence electrons. The number of para-hydroxylation sites is 1. The van der Waals surface area contributed by atoms with Crippen LogP contribution < -0.4 is 15.2 Å². The Balaban J connectivity index is 1.76. The summed E-state index contributed by atoms with van der Waals surface area (Å²) in [7, 11) is 1.68. The quantitative estimate of drug-likeness (QED) is 0.883. The molecule has 0 saturated carbocycles.